The zero-order chi connectivity index (χ0) is 14.8. The molecule has 0 aliphatic rings. The number of carbonyl (C=O) groups excluding carboxylic acids is 1. The predicted octanol–water partition coefficient (Wildman–Crippen LogP) is 5.61. The molecule has 0 radical (unpaired) electrons. The molecule has 0 fully saturated rings. The first-order valence-corrected chi connectivity index (χ1v) is 7.86. The van der Waals surface area contributed by atoms with Crippen LogP contribution in [0.4, 0.5) is 0 Å². The highest BCUT2D eigenvalue weighted by molar-refractivity contribution is 7.14. The summed E-state index contributed by atoms with van der Waals surface area (Å²) in [4.78, 5) is 13.7. The highest BCUT2D eigenvalue weighted by atomic mass is 35.5. The topological polar surface area (TPSA) is 17.1 Å². The Morgan fingerprint density at radius 1 is 1.00 bits per heavy atom. The summed E-state index contributed by atoms with van der Waals surface area (Å²) in [5, 5.41) is 2.58. The molecule has 1 heterocycles. The molecule has 104 valence electrons. The van der Waals surface area contributed by atoms with E-state index in [0.29, 0.717) is 10.6 Å². The van der Waals surface area contributed by atoms with Gasteiger partial charge >= 0.3 is 0 Å². The van der Waals surface area contributed by atoms with E-state index in [4.69, 9.17) is 11.6 Å². The van der Waals surface area contributed by atoms with Crippen molar-refractivity contribution in [1.82, 2.24) is 0 Å². The van der Waals surface area contributed by atoms with E-state index in [0.717, 1.165) is 21.6 Å². The monoisotopic (exact) mass is 312 g/mol. The van der Waals surface area contributed by atoms with E-state index < -0.39 is 0 Å². The van der Waals surface area contributed by atoms with Gasteiger partial charge in [0.1, 0.15) is 0 Å². The summed E-state index contributed by atoms with van der Waals surface area (Å²) in [6, 6.07) is 17.2. The largest absolute Gasteiger partial charge is 0.289 e. The Balaban J connectivity index is 1.99. The van der Waals surface area contributed by atoms with Crippen molar-refractivity contribution in [2.24, 2.45) is 0 Å². The fourth-order valence-corrected chi connectivity index (χ4v) is 3.48. The number of hydrogen-bond donors (Lipinski definition) is 0. The Hall–Kier alpha value is -1.90. The number of thiophene rings is 1. The third kappa shape index (κ3) is 2.78. The summed E-state index contributed by atoms with van der Waals surface area (Å²) < 4.78 is 0. The lowest BCUT2D eigenvalue weighted by atomic mass is 10.0. The van der Waals surface area contributed by atoms with Gasteiger partial charge in [-0.25, -0.2) is 0 Å². The van der Waals surface area contributed by atoms with Crippen LogP contribution in [0.25, 0.3) is 10.4 Å². The molecule has 0 saturated heterocycles. The Labute approximate surface area is 132 Å². The fraction of sp³-hybridized carbons (Fsp3) is 0.0556. The number of rotatable bonds is 3. The molecule has 0 spiro atoms. The first-order valence-electron chi connectivity index (χ1n) is 6.60. The molecule has 2 aromatic carbocycles. The molecule has 0 aliphatic carbocycles. The molecular formula is C18H13ClOS. The second-order valence-electron chi connectivity index (χ2n) is 4.81. The van der Waals surface area contributed by atoms with Gasteiger partial charge in [0, 0.05) is 26.4 Å². The SMILES string of the molecule is Cc1c(C(=O)c2ccc(Cl)cc2)csc1-c1ccccc1. The third-order valence-electron chi connectivity index (χ3n) is 3.43. The summed E-state index contributed by atoms with van der Waals surface area (Å²) in [6.07, 6.45) is 0. The van der Waals surface area contributed by atoms with Gasteiger partial charge in [-0.1, -0.05) is 41.9 Å². The molecule has 0 atom stereocenters. The van der Waals surface area contributed by atoms with Gasteiger partial charge in [-0.05, 0) is 42.3 Å². The summed E-state index contributed by atoms with van der Waals surface area (Å²) in [5.41, 5.74) is 3.61. The summed E-state index contributed by atoms with van der Waals surface area (Å²) in [5.74, 6) is 0.0441. The highest BCUT2D eigenvalue weighted by Gasteiger charge is 2.16. The normalized spacial score (nSPS) is 10.6. The minimum Gasteiger partial charge on any atom is -0.289 e. The first kappa shape index (κ1) is 14.1. The molecule has 0 amide bonds. The van der Waals surface area contributed by atoms with Crippen LogP contribution < -0.4 is 0 Å². The average molecular weight is 313 g/mol. The van der Waals surface area contributed by atoms with Crippen LogP contribution in [0.1, 0.15) is 21.5 Å². The number of carbonyl (C=O) groups is 1. The lowest BCUT2D eigenvalue weighted by molar-refractivity contribution is 0.103. The number of halogens is 1. The second kappa shape index (κ2) is 5.84. The molecule has 21 heavy (non-hydrogen) atoms. The van der Waals surface area contributed by atoms with Crippen molar-refractivity contribution in [3.8, 4) is 10.4 Å². The summed E-state index contributed by atoms with van der Waals surface area (Å²) in [7, 11) is 0. The molecule has 3 rings (SSSR count). The van der Waals surface area contributed by atoms with Crippen LogP contribution in [0.3, 0.4) is 0 Å². The van der Waals surface area contributed by atoms with Crippen molar-refractivity contribution >= 4 is 28.7 Å². The Morgan fingerprint density at radius 2 is 1.67 bits per heavy atom. The van der Waals surface area contributed by atoms with Crippen LogP contribution in [0.2, 0.25) is 5.02 Å². The van der Waals surface area contributed by atoms with Crippen LogP contribution in [0.15, 0.2) is 60.0 Å². The Bertz CT molecular complexity index is 773. The van der Waals surface area contributed by atoms with E-state index in [2.05, 4.69) is 12.1 Å². The molecule has 0 unspecified atom stereocenters. The van der Waals surface area contributed by atoms with Gasteiger partial charge in [-0.15, -0.1) is 11.3 Å². The van der Waals surface area contributed by atoms with Crippen molar-refractivity contribution in [2.75, 3.05) is 0 Å². The van der Waals surface area contributed by atoms with Crippen molar-refractivity contribution in [3.63, 3.8) is 0 Å². The smallest absolute Gasteiger partial charge is 0.194 e. The molecule has 3 aromatic rings. The van der Waals surface area contributed by atoms with Crippen molar-refractivity contribution in [2.45, 2.75) is 6.92 Å². The maximum atomic E-state index is 12.6. The zero-order valence-corrected chi connectivity index (χ0v) is 13.0. The molecule has 0 aliphatic heterocycles. The van der Waals surface area contributed by atoms with Crippen molar-refractivity contribution in [3.05, 3.63) is 81.7 Å². The van der Waals surface area contributed by atoms with Crippen LogP contribution in [-0.4, -0.2) is 5.78 Å². The van der Waals surface area contributed by atoms with E-state index in [1.807, 2.05) is 30.5 Å². The Morgan fingerprint density at radius 3 is 2.33 bits per heavy atom. The predicted molar refractivity (Wildman–Crippen MR) is 89.4 cm³/mol. The van der Waals surface area contributed by atoms with Gasteiger partial charge in [0.25, 0.3) is 0 Å². The van der Waals surface area contributed by atoms with Crippen molar-refractivity contribution in [1.29, 1.82) is 0 Å². The van der Waals surface area contributed by atoms with Crippen LogP contribution >= 0.6 is 22.9 Å². The zero-order valence-electron chi connectivity index (χ0n) is 11.5. The van der Waals surface area contributed by atoms with Crippen LogP contribution in [0.5, 0.6) is 0 Å². The van der Waals surface area contributed by atoms with Crippen LogP contribution in [-0.2, 0) is 0 Å². The summed E-state index contributed by atoms with van der Waals surface area (Å²) in [6.45, 7) is 2.00. The van der Waals surface area contributed by atoms with Gasteiger partial charge < -0.3 is 0 Å². The lowest BCUT2D eigenvalue weighted by Gasteiger charge is -2.03. The molecule has 3 heteroatoms. The third-order valence-corrected chi connectivity index (χ3v) is 4.81. The first-order chi connectivity index (χ1) is 10.2. The number of benzene rings is 2. The quantitative estimate of drug-likeness (QED) is 0.575. The Kier molecular flexibility index (Phi) is 3.91. The maximum absolute atomic E-state index is 12.6. The van der Waals surface area contributed by atoms with E-state index in [1.54, 1.807) is 35.6 Å². The summed E-state index contributed by atoms with van der Waals surface area (Å²) >= 11 is 7.48. The molecule has 0 bridgehead atoms. The maximum Gasteiger partial charge on any atom is 0.194 e. The lowest BCUT2D eigenvalue weighted by Crippen LogP contribution is -2.01. The van der Waals surface area contributed by atoms with Gasteiger partial charge in [0.15, 0.2) is 5.78 Å². The molecular weight excluding hydrogens is 300 g/mol. The minimum absolute atomic E-state index is 0.0441. The van der Waals surface area contributed by atoms with Gasteiger partial charge in [-0.2, -0.15) is 0 Å². The standard InChI is InChI=1S/C18H13ClOS/c1-12-16(17(20)13-7-9-15(19)10-8-13)11-21-18(12)14-5-3-2-4-6-14/h2-11H,1H3. The van der Waals surface area contributed by atoms with E-state index in [-0.39, 0.29) is 5.78 Å². The van der Waals surface area contributed by atoms with Gasteiger partial charge in [0.05, 0.1) is 0 Å². The van der Waals surface area contributed by atoms with E-state index in [9.17, 15) is 4.79 Å². The van der Waals surface area contributed by atoms with Crippen LogP contribution in [0, 0.1) is 6.92 Å². The molecule has 1 aromatic heterocycles. The number of hydrogen-bond acceptors (Lipinski definition) is 2. The minimum atomic E-state index is 0.0441. The number of ketones is 1. The van der Waals surface area contributed by atoms with E-state index in [1.165, 1.54) is 0 Å². The highest BCUT2D eigenvalue weighted by Crippen LogP contribution is 2.33. The second-order valence-corrected chi connectivity index (χ2v) is 6.12. The molecule has 1 nitrogen and oxygen atoms in total. The average Bonchev–Trinajstić information content (AvgIpc) is 2.90. The molecule has 0 saturated carbocycles. The van der Waals surface area contributed by atoms with E-state index >= 15 is 0 Å². The molecule has 0 N–H and O–H groups in total. The fourth-order valence-electron chi connectivity index (χ4n) is 2.27. The van der Waals surface area contributed by atoms with Crippen molar-refractivity contribution < 1.29 is 4.79 Å². The van der Waals surface area contributed by atoms with Gasteiger partial charge in [-0.3, -0.25) is 4.79 Å². The van der Waals surface area contributed by atoms with Gasteiger partial charge in [0.2, 0.25) is 0 Å².